The molecule has 0 atom stereocenters. The number of hydrogen-bond donors (Lipinski definition) is 1. The van der Waals surface area contributed by atoms with Crippen LogP contribution in [0.1, 0.15) is 5.56 Å². The summed E-state index contributed by atoms with van der Waals surface area (Å²) in [5.74, 6) is 1.69. The van der Waals surface area contributed by atoms with Crippen molar-refractivity contribution in [3.8, 4) is 28.5 Å². The lowest BCUT2D eigenvalue weighted by atomic mass is 10.1. The monoisotopic (exact) mass is 381 g/mol. The molecule has 0 bridgehead atoms. The molecule has 3 aromatic rings. The summed E-state index contributed by atoms with van der Waals surface area (Å²) in [6.07, 6.45) is 3.08. The second-order valence-electron chi connectivity index (χ2n) is 5.63. The molecule has 0 radical (unpaired) electrons. The number of aromatic nitrogens is 2. The summed E-state index contributed by atoms with van der Waals surface area (Å²) >= 11 is 0. The van der Waals surface area contributed by atoms with Crippen molar-refractivity contribution < 1.29 is 23.6 Å². The number of ether oxygens (including phenoxy) is 3. The maximum absolute atomic E-state index is 12.2. The summed E-state index contributed by atoms with van der Waals surface area (Å²) in [6, 6.07) is 12.5. The first-order chi connectivity index (χ1) is 13.6. The van der Waals surface area contributed by atoms with Gasteiger partial charge in [-0.05, 0) is 52.3 Å². The third-order valence-electron chi connectivity index (χ3n) is 3.93. The van der Waals surface area contributed by atoms with Gasteiger partial charge in [0.15, 0.2) is 17.2 Å². The van der Waals surface area contributed by atoms with Crippen LogP contribution in [0.5, 0.6) is 17.2 Å². The van der Waals surface area contributed by atoms with Crippen molar-refractivity contribution in [1.29, 1.82) is 0 Å². The predicted molar refractivity (Wildman–Crippen MR) is 103 cm³/mol. The fourth-order valence-corrected chi connectivity index (χ4v) is 2.49. The van der Waals surface area contributed by atoms with Crippen LogP contribution < -0.4 is 19.5 Å². The second-order valence-corrected chi connectivity index (χ2v) is 5.63. The Bertz CT molecular complexity index is 980. The van der Waals surface area contributed by atoms with Crippen LogP contribution in [0.3, 0.4) is 0 Å². The molecule has 0 aliphatic carbocycles. The van der Waals surface area contributed by atoms with Gasteiger partial charge < -0.3 is 19.5 Å². The van der Waals surface area contributed by atoms with Crippen LogP contribution in [0.2, 0.25) is 0 Å². The lowest BCUT2D eigenvalue weighted by molar-refractivity contribution is -0.111. The first-order valence-electron chi connectivity index (χ1n) is 8.32. The minimum Gasteiger partial charge on any atom is -0.497 e. The Kier molecular flexibility index (Phi) is 5.91. The predicted octanol–water partition coefficient (Wildman–Crippen LogP) is 3.41. The topological polar surface area (TPSA) is 95.7 Å². The normalized spacial score (nSPS) is 10.7. The Morgan fingerprint density at radius 2 is 1.71 bits per heavy atom. The summed E-state index contributed by atoms with van der Waals surface area (Å²) in [5, 5.41) is 10.3. The Labute approximate surface area is 161 Å². The molecule has 8 heteroatoms. The van der Waals surface area contributed by atoms with E-state index in [-0.39, 0.29) is 11.7 Å². The SMILES string of the molecule is COc1ccc(/C=C/C(=O)Nc2nonc2-c2ccc(OC)c(OC)c2)cc1. The molecule has 0 aliphatic rings. The summed E-state index contributed by atoms with van der Waals surface area (Å²) in [6.45, 7) is 0. The van der Waals surface area contributed by atoms with Gasteiger partial charge in [0, 0.05) is 11.6 Å². The van der Waals surface area contributed by atoms with E-state index in [4.69, 9.17) is 18.8 Å². The number of hydrogen-bond acceptors (Lipinski definition) is 7. The number of anilines is 1. The molecule has 0 fully saturated rings. The van der Waals surface area contributed by atoms with Crippen LogP contribution in [-0.2, 0) is 4.79 Å². The maximum atomic E-state index is 12.2. The van der Waals surface area contributed by atoms with Gasteiger partial charge in [-0.1, -0.05) is 12.1 Å². The van der Waals surface area contributed by atoms with Crippen molar-refractivity contribution in [2.75, 3.05) is 26.6 Å². The van der Waals surface area contributed by atoms with Crippen LogP contribution in [0.15, 0.2) is 53.2 Å². The van der Waals surface area contributed by atoms with E-state index in [1.807, 2.05) is 24.3 Å². The fourth-order valence-electron chi connectivity index (χ4n) is 2.49. The fraction of sp³-hybridized carbons (Fsp3) is 0.150. The quantitative estimate of drug-likeness (QED) is 0.627. The van der Waals surface area contributed by atoms with Crippen molar-refractivity contribution >= 4 is 17.8 Å². The lowest BCUT2D eigenvalue weighted by Gasteiger charge is -2.08. The summed E-state index contributed by atoms with van der Waals surface area (Å²) in [5.41, 5.74) is 1.90. The van der Waals surface area contributed by atoms with Gasteiger partial charge in [0.25, 0.3) is 0 Å². The number of amides is 1. The number of nitrogens with zero attached hydrogens (tertiary/aromatic N) is 2. The number of methoxy groups -OCH3 is 3. The zero-order chi connectivity index (χ0) is 19.9. The van der Waals surface area contributed by atoms with Crippen molar-refractivity contribution in [2.45, 2.75) is 0 Å². The molecular formula is C20H19N3O5. The largest absolute Gasteiger partial charge is 0.497 e. The van der Waals surface area contributed by atoms with Crippen LogP contribution in [0.25, 0.3) is 17.3 Å². The molecule has 0 spiro atoms. The summed E-state index contributed by atoms with van der Waals surface area (Å²) in [7, 11) is 4.69. The third kappa shape index (κ3) is 4.29. The zero-order valence-corrected chi connectivity index (χ0v) is 15.6. The van der Waals surface area contributed by atoms with E-state index in [1.54, 1.807) is 38.5 Å². The Balaban J connectivity index is 1.74. The maximum Gasteiger partial charge on any atom is 0.249 e. The number of carbonyl (C=O) groups is 1. The van der Waals surface area contributed by atoms with Crippen LogP contribution >= 0.6 is 0 Å². The van der Waals surface area contributed by atoms with Gasteiger partial charge >= 0.3 is 0 Å². The van der Waals surface area contributed by atoms with E-state index in [9.17, 15) is 4.79 Å². The van der Waals surface area contributed by atoms with E-state index in [1.165, 1.54) is 13.2 Å². The average Bonchev–Trinajstić information content (AvgIpc) is 3.20. The minimum atomic E-state index is -0.367. The number of nitrogens with one attached hydrogen (secondary N) is 1. The summed E-state index contributed by atoms with van der Waals surface area (Å²) < 4.78 is 20.4. The van der Waals surface area contributed by atoms with Gasteiger partial charge in [0.05, 0.1) is 21.3 Å². The molecule has 1 amide bonds. The second kappa shape index (κ2) is 8.72. The number of benzene rings is 2. The molecule has 1 heterocycles. The van der Waals surface area contributed by atoms with Gasteiger partial charge in [-0.2, -0.15) is 0 Å². The Hall–Kier alpha value is -3.81. The highest BCUT2D eigenvalue weighted by atomic mass is 16.6. The lowest BCUT2D eigenvalue weighted by Crippen LogP contribution is -2.09. The van der Waals surface area contributed by atoms with Crippen molar-refractivity contribution in [3.05, 3.63) is 54.1 Å². The first kappa shape index (κ1) is 19.0. The molecule has 8 nitrogen and oxygen atoms in total. The van der Waals surface area contributed by atoms with Crippen molar-refractivity contribution in [3.63, 3.8) is 0 Å². The highest BCUT2D eigenvalue weighted by Gasteiger charge is 2.16. The van der Waals surface area contributed by atoms with E-state index in [0.29, 0.717) is 22.8 Å². The molecule has 1 aromatic heterocycles. The van der Waals surface area contributed by atoms with E-state index >= 15 is 0 Å². The van der Waals surface area contributed by atoms with Gasteiger partial charge in [0.2, 0.25) is 11.7 Å². The van der Waals surface area contributed by atoms with Gasteiger partial charge in [-0.25, -0.2) is 4.63 Å². The standard InChI is InChI=1S/C20H19N3O5/c1-25-15-8-4-13(5-9-15)6-11-18(24)21-20-19(22-28-23-20)14-7-10-16(26-2)17(12-14)27-3/h4-12H,1-3H3,(H,21,23,24)/b11-6+. The van der Waals surface area contributed by atoms with Crippen LogP contribution in [0.4, 0.5) is 5.82 Å². The molecule has 28 heavy (non-hydrogen) atoms. The van der Waals surface area contributed by atoms with E-state index in [2.05, 4.69) is 15.6 Å². The molecule has 0 unspecified atom stereocenters. The molecule has 3 rings (SSSR count). The van der Waals surface area contributed by atoms with E-state index < -0.39 is 0 Å². The summed E-state index contributed by atoms with van der Waals surface area (Å²) in [4.78, 5) is 12.2. The Morgan fingerprint density at radius 3 is 2.39 bits per heavy atom. The highest BCUT2D eigenvalue weighted by Crippen LogP contribution is 2.33. The average molecular weight is 381 g/mol. The number of carbonyl (C=O) groups excluding carboxylic acids is 1. The molecule has 144 valence electrons. The molecule has 0 saturated heterocycles. The van der Waals surface area contributed by atoms with Gasteiger partial charge in [-0.3, -0.25) is 4.79 Å². The van der Waals surface area contributed by atoms with Crippen molar-refractivity contribution in [2.24, 2.45) is 0 Å². The highest BCUT2D eigenvalue weighted by molar-refractivity contribution is 6.03. The van der Waals surface area contributed by atoms with E-state index in [0.717, 1.165) is 11.3 Å². The third-order valence-corrected chi connectivity index (χ3v) is 3.93. The van der Waals surface area contributed by atoms with Crippen LogP contribution in [-0.4, -0.2) is 37.5 Å². The molecule has 2 aromatic carbocycles. The minimum absolute atomic E-state index is 0.205. The zero-order valence-electron chi connectivity index (χ0n) is 15.6. The Morgan fingerprint density at radius 1 is 0.964 bits per heavy atom. The molecule has 0 aliphatic heterocycles. The molecular weight excluding hydrogens is 362 g/mol. The van der Waals surface area contributed by atoms with Gasteiger partial charge in [0.1, 0.15) is 5.75 Å². The first-order valence-corrected chi connectivity index (χ1v) is 8.32. The van der Waals surface area contributed by atoms with Crippen molar-refractivity contribution in [1.82, 2.24) is 10.3 Å². The molecule has 0 saturated carbocycles. The number of rotatable bonds is 7. The molecule has 1 N–H and O–H groups in total. The van der Waals surface area contributed by atoms with Crippen LogP contribution in [0, 0.1) is 0 Å². The smallest absolute Gasteiger partial charge is 0.249 e. The van der Waals surface area contributed by atoms with Gasteiger partial charge in [-0.15, -0.1) is 0 Å².